The Hall–Kier alpha value is -1.34. The zero-order valence-electron chi connectivity index (χ0n) is 13.7. The van der Waals surface area contributed by atoms with E-state index in [1.807, 2.05) is 0 Å². The third-order valence-corrected chi connectivity index (χ3v) is 6.95. The Morgan fingerprint density at radius 2 is 2.04 bits per heavy atom. The second-order valence-corrected chi connectivity index (χ2v) is 9.15. The van der Waals surface area contributed by atoms with E-state index >= 15 is 0 Å². The zero-order chi connectivity index (χ0) is 16.6. The molecule has 3 rings (SSSR count). The monoisotopic (exact) mass is 337 g/mol. The molecule has 2 aliphatic rings. The fraction of sp³-hybridized carbons (Fsp3) is 0.688. The molecule has 1 aromatic rings. The van der Waals surface area contributed by atoms with E-state index in [4.69, 9.17) is 0 Å². The number of carbonyl (C=O) groups is 1. The van der Waals surface area contributed by atoms with Crippen molar-refractivity contribution in [2.45, 2.75) is 57.1 Å². The van der Waals surface area contributed by atoms with Crippen molar-refractivity contribution >= 4 is 15.8 Å². The van der Waals surface area contributed by atoms with Gasteiger partial charge in [-0.15, -0.1) is 0 Å². The summed E-state index contributed by atoms with van der Waals surface area (Å²) < 4.78 is 26.3. The molecule has 0 saturated carbocycles. The average molecular weight is 337 g/mol. The molecule has 7 heteroatoms. The second kappa shape index (κ2) is 6.28. The number of sulfonamides is 1. The normalized spacial score (nSPS) is 23.1. The smallest absolute Gasteiger partial charge is 0.216 e. The summed E-state index contributed by atoms with van der Waals surface area (Å²) in [7, 11) is -3.24. The molecule has 0 amide bonds. The molecule has 0 bridgehead atoms. The van der Waals surface area contributed by atoms with Crippen molar-refractivity contribution in [1.29, 1.82) is 0 Å². The summed E-state index contributed by atoms with van der Waals surface area (Å²) in [6.07, 6.45) is 5.54. The highest BCUT2D eigenvalue weighted by atomic mass is 32.2. The van der Waals surface area contributed by atoms with Crippen LogP contribution < -0.4 is 0 Å². The summed E-state index contributed by atoms with van der Waals surface area (Å²) in [6.45, 7) is 4.42. The highest BCUT2D eigenvalue weighted by Crippen LogP contribution is 2.29. The van der Waals surface area contributed by atoms with E-state index in [0.717, 1.165) is 31.4 Å². The zero-order valence-corrected chi connectivity index (χ0v) is 14.5. The maximum absolute atomic E-state index is 12.4. The number of rotatable bonds is 3. The van der Waals surface area contributed by atoms with Gasteiger partial charge < -0.3 is 0 Å². The van der Waals surface area contributed by atoms with Gasteiger partial charge in [0.1, 0.15) is 5.82 Å². The van der Waals surface area contributed by atoms with Gasteiger partial charge in [-0.25, -0.2) is 22.7 Å². The lowest BCUT2D eigenvalue weighted by Gasteiger charge is -2.32. The molecule has 126 valence electrons. The van der Waals surface area contributed by atoms with Crippen molar-refractivity contribution < 1.29 is 13.2 Å². The maximum atomic E-state index is 12.4. The molecule has 1 aliphatic carbocycles. The molecular weight excluding hydrogens is 314 g/mol. The molecule has 1 aliphatic heterocycles. The number of ketones is 1. The molecule has 0 unspecified atom stereocenters. The van der Waals surface area contributed by atoms with E-state index in [-0.39, 0.29) is 11.7 Å². The van der Waals surface area contributed by atoms with E-state index in [0.29, 0.717) is 30.9 Å². The lowest BCUT2D eigenvalue weighted by atomic mass is 9.94. The van der Waals surface area contributed by atoms with Crippen LogP contribution in [0.15, 0.2) is 6.20 Å². The van der Waals surface area contributed by atoms with Gasteiger partial charge in [-0.1, -0.05) is 0 Å². The van der Waals surface area contributed by atoms with Crippen molar-refractivity contribution in [3.8, 4) is 0 Å². The first-order valence-corrected chi connectivity index (χ1v) is 9.78. The fourth-order valence-electron chi connectivity index (χ4n) is 3.29. The van der Waals surface area contributed by atoms with Crippen molar-refractivity contribution in [3.63, 3.8) is 0 Å². The van der Waals surface area contributed by atoms with Crippen LogP contribution in [0.1, 0.15) is 67.3 Å². The summed E-state index contributed by atoms with van der Waals surface area (Å²) in [5.41, 5.74) is 1.47. The Morgan fingerprint density at radius 1 is 1.26 bits per heavy atom. The summed E-state index contributed by atoms with van der Waals surface area (Å²) in [4.78, 5) is 20.8. The lowest BCUT2D eigenvalue weighted by molar-refractivity contribution is 0.0971. The van der Waals surface area contributed by atoms with Gasteiger partial charge in [0.2, 0.25) is 10.0 Å². The quantitative estimate of drug-likeness (QED) is 0.842. The van der Waals surface area contributed by atoms with E-state index < -0.39 is 15.3 Å². The molecule has 0 aromatic carbocycles. The molecule has 1 aromatic heterocycles. The van der Waals surface area contributed by atoms with Crippen LogP contribution in [0.2, 0.25) is 0 Å². The van der Waals surface area contributed by atoms with Crippen LogP contribution >= 0.6 is 0 Å². The second-order valence-electron chi connectivity index (χ2n) is 6.66. The number of nitrogens with zero attached hydrogens (tertiary/aromatic N) is 3. The number of aromatic nitrogens is 2. The van der Waals surface area contributed by atoms with E-state index in [1.54, 1.807) is 24.3 Å². The van der Waals surface area contributed by atoms with Gasteiger partial charge in [-0.05, 0) is 39.5 Å². The summed E-state index contributed by atoms with van der Waals surface area (Å²) in [5.74, 6) is 0.812. The number of aryl methyl sites for hydroxylation is 1. The van der Waals surface area contributed by atoms with E-state index in [2.05, 4.69) is 9.97 Å². The minimum Gasteiger partial charge on any atom is -0.294 e. The first-order chi connectivity index (χ1) is 10.9. The highest BCUT2D eigenvalue weighted by molar-refractivity contribution is 7.89. The maximum Gasteiger partial charge on any atom is 0.216 e. The minimum atomic E-state index is -3.24. The number of Topliss-reactive ketones (excluding diaryl/α,β-unsaturated/α-hetero) is 1. The summed E-state index contributed by atoms with van der Waals surface area (Å²) in [5, 5.41) is -0.414. The van der Waals surface area contributed by atoms with E-state index in [1.165, 1.54) is 0 Å². The average Bonchev–Trinajstić information content (AvgIpc) is 2.55. The molecular formula is C16H23N3O3S. The molecule has 0 spiro atoms. The first-order valence-electron chi connectivity index (χ1n) is 8.27. The molecule has 6 nitrogen and oxygen atoms in total. The largest absolute Gasteiger partial charge is 0.294 e. The van der Waals surface area contributed by atoms with Crippen LogP contribution in [0.5, 0.6) is 0 Å². The number of hydrogen-bond donors (Lipinski definition) is 0. The van der Waals surface area contributed by atoms with Crippen molar-refractivity contribution in [3.05, 3.63) is 23.3 Å². The van der Waals surface area contributed by atoms with Crippen molar-refractivity contribution in [2.24, 2.45) is 0 Å². The van der Waals surface area contributed by atoms with Crippen LogP contribution in [0.4, 0.5) is 0 Å². The number of carbonyl (C=O) groups excluding carboxylic acids is 1. The van der Waals surface area contributed by atoms with Crippen molar-refractivity contribution in [1.82, 2.24) is 14.3 Å². The van der Waals surface area contributed by atoms with Crippen LogP contribution in [0.25, 0.3) is 0 Å². The molecule has 1 atom stereocenters. The van der Waals surface area contributed by atoms with Crippen LogP contribution in [-0.2, 0) is 16.4 Å². The molecule has 23 heavy (non-hydrogen) atoms. The predicted octanol–water partition coefficient (Wildman–Crippen LogP) is 1.91. The Kier molecular flexibility index (Phi) is 4.51. The molecule has 1 fully saturated rings. The van der Waals surface area contributed by atoms with Gasteiger partial charge in [0.05, 0.1) is 16.5 Å². The molecule has 0 N–H and O–H groups in total. The lowest BCUT2D eigenvalue weighted by Crippen LogP contribution is -2.42. The SMILES string of the molecule is CC(C)S(=O)(=O)N1CCC[C@H](c2ncc3c(n2)CCCC3=O)C1. The molecule has 1 saturated heterocycles. The van der Waals surface area contributed by atoms with Crippen LogP contribution in [0, 0.1) is 0 Å². The fourth-order valence-corrected chi connectivity index (χ4v) is 4.65. The topological polar surface area (TPSA) is 80.2 Å². The Morgan fingerprint density at radius 3 is 2.78 bits per heavy atom. The highest BCUT2D eigenvalue weighted by Gasteiger charge is 2.33. The van der Waals surface area contributed by atoms with Crippen LogP contribution in [-0.4, -0.2) is 46.8 Å². The van der Waals surface area contributed by atoms with Gasteiger partial charge in [-0.2, -0.15) is 0 Å². The standard InChI is InChI=1S/C16H23N3O3S/c1-11(2)23(21,22)19-8-4-5-12(10-19)16-17-9-13-14(18-16)6-3-7-15(13)20/h9,11-12H,3-8,10H2,1-2H3/t12-/m0/s1. The third-order valence-electron chi connectivity index (χ3n) is 4.71. The van der Waals surface area contributed by atoms with Crippen molar-refractivity contribution in [2.75, 3.05) is 13.1 Å². The summed E-state index contributed by atoms with van der Waals surface area (Å²) >= 11 is 0. The predicted molar refractivity (Wildman–Crippen MR) is 86.9 cm³/mol. The molecule has 2 heterocycles. The van der Waals surface area contributed by atoms with Gasteiger partial charge in [0.25, 0.3) is 0 Å². The van der Waals surface area contributed by atoms with Gasteiger partial charge in [0, 0.05) is 31.6 Å². The van der Waals surface area contributed by atoms with Gasteiger partial charge in [0.15, 0.2) is 5.78 Å². The van der Waals surface area contributed by atoms with E-state index in [9.17, 15) is 13.2 Å². The first kappa shape index (κ1) is 16.5. The number of fused-ring (bicyclic) bond motifs is 1. The Balaban J connectivity index is 1.83. The summed E-state index contributed by atoms with van der Waals surface area (Å²) in [6, 6.07) is 0. The van der Waals surface area contributed by atoms with Gasteiger partial charge >= 0.3 is 0 Å². The Labute approximate surface area is 137 Å². The Bertz CT molecular complexity index is 715. The van der Waals surface area contributed by atoms with Gasteiger partial charge in [-0.3, -0.25) is 4.79 Å². The third kappa shape index (κ3) is 3.17. The van der Waals surface area contributed by atoms with Crippen LogP contribution in [0.3, 0.4) is 0 Å². The number of hydrogen-bond acceptors (Lipinski definition) is 5. The molecule has 0 radical (unpaired) electrons. The minimum absolute atomic E-state index is 0.0135. The number of piperidine rings is 1.